The topological polar surface area (TPSA) is 87.2 Å². The second-order valence-corrected chi connectivity index (χ2v) is 8.46. The number of hydrazone groups is 1. The Kier molecular flexibility index (Phi) is 5.89. The summed E-state index contributed by atoms with van der Waals surface area (Å²) >= 11 is 0. The van der Waals surface area contributed by atoms with Gasteiger partial charge in [-0.15, -0.1) is 0 Å². The standard InChI is InChI=1S/C20H21FN4O2S/c1-14(2)11-15-3-9-19(10-4-15)28(26,27)25-23-13-17-12-22-24-20(17)16-5-7-18(21)8-6-16/h3-10,12-14,25H,11H2,1-2H3,(H,22,24)/b23-13-. The van der Waals surface area contributed by atoms with Crippen molar-refractivity contribution in [1.29, 1.82) is 0 Å². The van der Waals surface area contributed by atoms with Crippen LogP contribution in [0.3, 0.4) is 0 Å². The monoisotopic (exact) mass is 400 g/mol. The third-order valence-electron chi connectivity index (χ3n) is 4.06. The number of benzene rings is 2. The highest BCUT2D eigenvalue weighted by molar-refractivity contribution is 7.89. The zero-order valence-electron chi connectivity index (χ0n) is 15.6. The molecule has 0 saturated carbocycles. The van der Waals surface area contributed by atoms with Crippen LogP contribution in [0.15, 0.2) is 64.7 Å². The summed E-state index contributed by atoms with van der Waals surface area (Å²) in [6.45, 7) is 4.22. The molecule has 8 heteroatoms. The van der Waals surface area contributed by atoms with Gasteiger partial charge in [0.05, 0.1) is 23.0 Å². The van der Waals surface area contributed by atoms with Crippen LogP contribution in [-0.4, -0.2) is 24.8 Å². The van der Waals surface area contributed by atoms with Crippen molar-refractivity contribution in [1.82, 2.24) is 15.0 Å². The molecule has 2 N–H and O–H groups in total. The van der Waals surface area contributed by atoms with Gasteiger partial charge in [0.2, 0.25) is 0 Å². The molecule has 3 aromatic rings. The van der Waals surface area contributed by atoms with Gasteiger partial charge in [0.1, 0.15) is 5.82 Å². The van der Waals surface area contributed by atoms with Gasteiger partial charge >= 0.3 is 0 Å². The summed E-state index contributed by atoms with van der Waals surface area (Å²) < 4.78 is 37.9. The van der Waals surface area contributed by atoms with Gasteiger partial charge in [-0.2, -0.15) is 18.6 Å². The maximum atomic E-state index is 13.1. The fourth-order valence-electron chi connectivity index (χ4n) is 2.74. The van der Waals surface area contributed by atoms with E-state index < -0.39 is 10.0 Å². The van der Waals surface area contributed by atoms with E-state index in [9.17, 15) is 12.8 Å². The third-order valence-corrected chi connectivity index (χ3v) is 5.29. The summed E-state index contributed by atoms with van der Waals surface area (Å²) in [6.07, 6.45) is 3.75. The van der Waals surface area contributed by atoms with Gasteiger partial charge in [-0.25, -0.2) is 9.22 Å². The molecule has 2 aromatic carbocycles. The number of halogens is 1. The molecule has 1 aromatic heterocycles. The SMILES string of the molecule is CC(C)Cc1ccc(S(=O)(=O)N/N=C\c2cn[nH]c2-c2ccc(F)cc2)cc1. The number of nitrogens with one attached hydrogen (secondary N) is 2. The van der Waals surface area contributed by atoms with E-state index >= 15 is 0 Å². The summed E-state index contributed by atoms with van der Waals surface area (Å²) in [6, 6.07) is 12.6. The average Bonchev–Trinajstić information content (AvgIpc) is 3.11. The van der Waals surface area contributed by atoms with Crippen LogP contribution in [0.25, 0.3) is 11.3 Å². The van der Waals surface area contributed by atoms with Crippen molar-refractivity contribution in [3.05, 3.63) is 71.7 Å². The summed E-state index contributed by atoms with van der Waals surface area (Å²) in [5.74, 6) is 0.154. The van der Waals surface area contributed by atoms with Crippen LogP contribution in [0.2, 0.25) is 0 Å². The van der Waals surface area contributed by atoms with Gasteiger partial charge in [0, 0.05) is 11.1 Å². The van der Waals surface area contributed by atoms with E-state index in [1.807, 2.05) is 0 Å². The normalized spacial score (nSPS) is 12.0. The van der Waals surface area contributed by atoms with Crippen molar-refractivity contribution in [3.63, 3.8) is 0 Å². The summed E-state index contributed by atoms with van der Waals surface area (Å²) in [4.78, 5) is 2.34. The molecular formula is C20H21FN4O2S. The zero-order valence-corrected chi connectivity index (χ0v) is 16.4. The fraction of sp³-hybridized carbons (Fsp3) is 0.200. The van der Waals surface area contributed by atoms with Crippen LogP contribution < -0.4 is 4.83 Å². The molecule has 0 aliphatic rings. The molecular weight excluding hydrogens is 379 g/mol. The minimum Gasteiger partial charge on any atom is -0.277 e. The highest BCUT2D eigenvalue weighted by Crippen LogP contribution is 2.20. The number of nitrogens with zero attached hydrogens (tertiary/aromatic N) is 2. The van der Waals surface area contributed by atoms with E-state index in [0.29, 0.717) is 22.7 Å². The number of sulfonamides is 1. The van der Waals surface area contributed by atoms with Gasteiger partial charge < -0.3 is 0 Å². The number of hydrogen-bond acceptors (Lipinski definition) is 4. The van der Waals surface area contributed by atoms with Crippen molar-refractivity contribution < 1.29 is 12.8 Å². The summed E-state index contributed by atoms with van der Waals surface area (Å²) in [5.41, 5.74) is 2.98. The van der Waals surface area contributed by atoms with E-state index in [0.717, 1.165) is 12.0 Å². The first kappa shape index (κ1) is 19.8. The number of aromatic amines is 1. The molecule has 0 fully saturated rings. The van der Waals surface area contributed by atoms with E-state index in [4.69, 9.17) is 0 Å². The first-order valence-corrected chi connectivity index (χ1v) is 10.3. The maximum absolute atomic E-state index is 13.1. The molecule has 6 nitrogen and oxygen atoms in total. The molecule has 0 atom stereocenters. The Morgan fingerprint density at radius 2 is 1.82 bits per heavy atom. The highest BCUT2D eigenvalue weighted by atomic mass is 32.2. The molecule has 0 saturated heterocycles. The Morgan fingerprint density at radius 1 is 1.14 bits per heavy atom. The first-order valence-electron chi connectivity index (χ1n) is 8.78. The molecule has 0 bridgehead atoms. The molecule has 0 aliphatic carbocycles. The minimum atomic E-state index is -3.77. The average molecular weight is 400 g/mol. The number of H-pyrrole nitrogens is 1. The van der Waals surface area contributed by atoms with E-state index in [2.05, 4.69) is 34.0 Å². The maximum Gasteiger partial charge on any atom is 0.276 e. The van der Waals surface area contributed by atoms with Crippen LogP contribution in [0.1, 0.15) is 25.0 Å². The smallest absolute Gasteiger partial charge is 0.276 e. The molecule has 0 spiro atoms. The van der Waals surface area contributed by atoms with Crippen LogP contribution >= 0.6 is 0 Å². The lowest BCUT2D eigenvalue weighted by molar-refractivity contribution is 0.584. The lowest BCUT2D eigenvalue weighted by atomic mass is 10.0. The second kappa shape index (κ2) is 8.35. The van der Waals surface area contributed by atoms with Gasteiger partial charge in [-0.3, -0.25) is 5.10 Å². The molecule has 3 rings (SSSR count). The van der Waals surface area contributed by atoms with E-state index in [1.165, 1.54) is 24.5 Å². The Hall–Kier alpha value is -3.00. The predicted molar refractivity (Wildman–Crippen MR) is 107 cm³/mol. The van der Waals surface area contributed by atoms with Crippen LogP contribution in [0.4, 0.5) is 4.39 Å². The quantitative estimate of drug-likeness (QED) is 0.468. The van der Waals surface area contributed by atoms with Gasteiger partial charge in [0.15, 0.2) is 0 Å². The number of aromatic nitrogens is 2. The van der Waals surface area contributed by atoms with Crippen molar-refractivity contribution in [3.8, 4) is 11.3 Å². The summed E-state index contributed by atoms with van der Waals surface area (Å²) in [7, 11) is -3.77. The lowest BCUT2D eigenvalue weighted by Crippen LogP contribution is -2.18. The Balaban J connectivity index is 1.72. The van der Waals surface area contributed by atoms with Crippen molar-refractivity contribution >= 4 is 16.2 Å². The lowest BCUT2D eigenvalue weighted by Gasteiger charge is -2.07. The van der Waals surface area contributed by atoms with Crippen LogP contribution in [0.5, 0.6) is 0 Å². The van der Waals surface area contributed by atoms with Crippen LogP contribution in [0, 0.1) is 11.7 Å². The Labute approximate surface area is 163 Å². The molecule has 0 amide bonds. The fourth-order valence-corrected chi connectivity index (χ4v) is 3.53. The molecule has 1 heterocycles. The number of rotatable bonds is 7. The predicted octanol–water partition coefficient (Wildman–Crippen LogP) is 3.73. The molecule has 0 radical (unpaired) electrons. The Bertz CT molecular complexity index is 1060. The molecule has 0 aliphatic heterocycles. The van der Waals surface area contributed by atoms with Crippen molar-refractivity contribution in [2.75, 3.05) is 0 Å². The van der Waals surface area contributed by atoms with Gasteiger partial charge in [-0.1, -0.05) is 26.0 Å². The molecule has 146 valence electrons. The van der Waals surface area contributed by atoms with Gasteiger partial charge in [0.25, 0.3) is 10.0 Å². The first-order chi connectivity index (χ1) is 13.3. The highest BCUT2D eigenvalue weighted by Gasteiger charge is 2.13. The summed E-state index contributed by atoms with van der Waals surface area (Å²) in [5, 5.41) is 10.6. The zero-order chi connectivity index (χ0) is 20.1. The minimum absolute atomic E-state index is 0.142. The van der Waals surface area contributed by atoms with E-state index in [-0.39, 0.29) is 10.7 Å². The Morgan fingerprint density at radius 3 is 2.46 bits per heavy atom. The second-order valence-electron chi connectivity index (χ2n) is 6.80. The van der Waals surface area contributed by atoms with Gasteiger partial charge in [-0.05, 0) is 54.3 Å². The third kappa shape index (κ3) is 4.83. The van der Waals surface area contributed by atoms with Crippen LogP contribution in [-0.2, 0) is 16.4 Å². The largest absolute Gasteiger partial charge is 0.277 e. The molecule has 0 unspecified atom stereocenters. The number of hydrogen-bond donors (Lipinski definition) is 2. The van der Waals surface area contributed by atoms with E-state index in [1.54, 1.807) is 36.4 Å². The van der Waals surface area contributed by atoms with Crippen molar-refractivity contribution in [2.45, 2.75) is 25.2 Å². The molecule has 28 heavy (non-hydrogen) atoms. The van der Waals surface area contributed by atoms with Crippen molar-refractivity contribution in [2.24, 2.45) is 11.0 Å².